The zero-order valence-corrected chi connectivity index (χ0v) is 11.0. The van der Waals surface area contributed by atoms with Gasteiger partial charge in [0.15, 0.2) is 0 Å². The van der Waals surface area contributed by atoms with Crippen LogP contribution in [0, 0.1) is 0 Å². The average Bonchev–Trinajstić information content (AvgIpc) is 2.52. The molecule has 2 N–H and O–H groups in total. The number of aliphatic hydroxyl groups is 1. The summed E-state index contributed by atoms with van der Waals surface area (Å²) in [6.07, 6.45) is 0.879. The molecule has 1 aliphatic rings. The highest BCUT2D eigenvalue weighted by Crippen LogP contribution is 2.27. The number of halogens is 1. The monoisotopic (exact) mass is 298 g/mol. The van der Waals surface area contributed by atoms with Crippen LogP contribution in [0.1, 0.15) is 6.42 Å². The Kier molecular flexibility index (Phi) is 4.15. The van der Waals surface area contributed by atoms with E-state index in [-0.39, 0.29) is 12.5 Å². The largest absolute Gasteiger partial charge is 0.394 e. The van der Waals surface area contributed by atoms with E-state index in [4.69, 9.17) is 0 Å². The standard InChI is InChI=1S/C12H15BrN2O2/c13-9-4-1-2-5-11(9)15-7-3-6-14-10(8-16)12(15)17/h1-2,4-5,10,14,16H,3,6-8H2. The Labute approximate surface area is 109 Å². The number of carbonyl (C=O) groups excluding carboxylic acids is 1. The van der Waals surface area contributed by atoms with Gasteiger partial charge in [-0.05, 0) is 41.0 Å². The lowest BCUT2D eigenvalue weighted by molar-refractivity contribution is -0.121. The fourth-order valence-corrected chi connectivity index (χ4v) is 2.45. The predicted molar refractivity (Wildman–Crippen MR) is 70.0 cm³/mol. The number of nitrogens with one attached hydrogen (secondary N) is 1. The Morgan fingerprint density at radius 3 is 2.94 bits per heavy atom. The molecule has 1 atom stereocenters. The first kappa shape index (κ1) is 12.5. The van der Waals surface area contributed by atoms with Crippen LogP contribution in [0.2, 0.25) is 0 Å². The molecule has 17 heavy (non-hydrogen) atoms. The molecule has 1 unspecified atom stereocenters. The number of carbonyl (C=O) groups is 1. The lowest BCUT2D eigenvalue weighted by Crippen LogP contribution is -2.46. The summed E-state index contributed by atoms with van der Waals surface area (Å²) in [6, 6.07) is 7.14. The van der Waals surface area contributed by atoms with E-state index in [2.05, 4.69) is 21.2 Å². The Balaban J connectivity index is 2.30. The fraction of sp³-hybridized carbons (Fsp3) is 0.417. The molecule has 0 aromatic heterocycles. The van der Waals surface area contributed by atoms with E-state index in [1.54, 1.807) is 4.90 Å². The summed E-state index contributed by atoms with van der Waals surface area (Å²) < 4.78 is 0.895. The second-order valence-electron chi connectivity index (χ2n) is 3.98. The van der Waals surface area contributed by atoms with Crippen molar-refractivity contribution >= 4 is 27.5 Å². The SMILES string of the molecule is O=C1C(CO)NCCCN1c1ccccc1Br. The van der Waals surface area contributed by atoms with E-state index in [1.807, 2.05) is 24.3 Å². The van der Waals surface area contributed by atoms with Crippen molar-refractivity contribution in [2.45, 2.75) is 12.5 Å². The topological polar surface area (TPSA) is 52.6 Å². The summed E-state index contributed by atoms with van der Waals surface area (Å²) in [5, 5.41) is 12.2. The maximum atomic E-state index is 12.2. The Morgan fingerprint density at radius 1 is 1.47 bits per heavy atom. The van der Waals surface area contributed by atoms with Crippen molar-refractivity contribution in [3.05, 3.63) is 28.7 Å². The number of hydrogen-bond acceptors (Lipinski definition) is 3. The van der Waals surface area contributed by atoms with Crippen molar-refractivity contribution < 1.29 is 9.90 Å². The molecule has 1 aliphatic heterocycles. The second-order valence-corrected chi connectivity index (χ2v) is 4.84. The molecule has 2 rings (SSSR count). The number of hydrogen-bond donors (Lipinski definition) is 2. The lowest BCUT2D eigenvalue weighted by Gasteiger charge is -2.24. The molecule has 1 fully saturated rings. The van der Waals surface area contributed by atoms with Crippen LogP contribution >= 0.6 is 15.9 Å². The van der Waals surface area contributed by atoms with Gasteiger partial charge in [-0.3, -0.25) is 4.79 Å². The number of para-hydroxylation sites is 1. The third kappa shape index (κ3) is 2.68. The molecule has 0 radical (unpaired) electrons. The highest BCUT2D eigenvalue weighted by atomic mass is 79.9. The van der Waals surface area contributed by atoms with Gasteiger partial charge >= 0.3 is 0 Å². The van der Waals surface area contributed by atoms with Crippen LogP contribution in [-0.4, -0.2) is 36.8 Å². The van der Waals surface area contributed by atoms with Gasteiger partial charge in [-0.1, -0.05) is 12.1 Å². The Morgan fingerprint density at radius 2 is 2.24 bits per heavy atom. The first-order valence-electron chi connectivity index (χ1n) is 5.64. The van der Waals surface area contributed by atoms with Crippen LogP contribution in [0.15, 0.2) is 28.7 Å². The number of anilines is 1. The minimum atomic E-state index is -0.496. The Hall–Kier alpha value is -0.910. The van der Waals surface area contributed by atoms with E-state index >= 15 is 0 Å². The number of rotatable bonds is 2. The third-order valence-electron chi connectivity index (χ3n) is 2.84. The van der Waals surface area contributed by atoms with Gasteiger partial charge in [0, 0.05) is 11.0 Å². The first-order chi connectivity index (χ1) is 8.24. The third-order valence-corrected chi connectivity index (χ3v) is 3.51. The molecule has 1 amide bonds. The van der Waals surface area contributed by atoms with Crippen molar-refractivity contribution in [1.82, 2.24) is 5.32 Å². The van der Waals surface area contributed by atoms with Gasteiger partial charge in [0.2, 0.25) is 5.91 Å². The van der Waals surface area contributed by atoms with Gasteiger partial charge in [-0.15, -0.1) is 0 Å². The van der Waals surface area contributed by atoms with Crippen LogP contribution in [0.3, 0.4) is 0 Å². The van der Waals surface area contributed by atoms with Gasteiger partial charge in [0.25, 0.3) is 0 Å². The zero-order valence-electron chi connectivity index (χ0n) is 9.40. The molecule has 1 saturated heterocycles. The molecular weight excluding hydrogens is 284 g/mol. The van der Waals surface area contributed by atoms with E-state index in [9.17, 15) is 9.90 Å². The summed E-state index contributed by atoms with van der Waals surface area (Å²) in [4.78, 5) is 13.9. The van der Waals surface area contributed by atoms with Crippen LogP contribution in [0.5, 0.6) is 0 Å². The van der Waals surface area contributed by atoms with E-state index < -0.39 is 6.04 Å². The number of nitrogens with zero attached hydrogens (tertiary/aromatic N) is 1. The molecule has 1 aromatic rings. The molecule has 0 saturated carbocycles. The summed E-state index contributed by atoms with van der Waals surface area (Å²) in [5.41, 5.74) is 0.861. The van der Waals surface area contributed by atoms with Crippen molar-refractivity contribution in [2.24, 2.45) is 0 Å². The summed E-state index contributed by atoms with van der Waals surface area (Å²) in [7, 11) is 0. The van der Waals surface area contributed by atoms with Crippen LogP contribution in [-0.2, 0) is 4.79 Å². The number of amides is 1. The summed E-state index contributed by atoms with van der Waals surface area (Å²) in [5.74, 6) is -0.0723. The van der Waals surface area contributed by atoms with E-state index in [0.717, 1.165) is 23.1 Å². The molecule has 1 aromatic carbocycles. The molecule has 1 heterocycles. The van der Waals surface area contributed by atoms with Crippen LogP contribution < -0.4 is 10.2 Å². The van der Waals surface area contributed by atoms with Crippen LogP contribution in [0.25, 0.3) is 0 Å². The predicted octanol–water partition coefficient (Wildman–Crippen LogP) is 1.14. The van der Waals surface area contributed by atoms with E-state index in [0.29, 0.717) is 6.54 Å². The second kappa shape index (κ2) is 5.62. The molecule has 0 aliphatic carbocycles. The van der Waals surface area contributed by atoms with Crippen molar-refractivity contribution in [3.63, 3.8) is 0 Å². The van der Waals surface area contributed by atoms with E-state index in [1.165, 1.54) is 0 Å². The number of aliphatic hydroxyl groups excluding tert-OH is 1. The molecule has 92 valence electrons. The quantitative estimate of drug-likeness (QED) is 0.861. The maximum absolute atomic E-state index is 12.2. The van der Waals surface area contributed by atoms with Gasteiger partial charge in [-0.2, -0.15) is 0 Å². The van der Waals surface area contributed by atoms with Gasteiger partial charge in [0.05, 0.1) is 12.3 Å². The lowest BCUT2D eigenvalue weighted by atomic mass is 10.2. The minimum absolute atomic E-state index is 0.0723. The number of benzene rings is 1. The normalized spacial score (nSPS) is 21.4. The molecule has 5 heteroatoms. The molecule has 0 bridgehead atoms. The van der Waals surface area contributed by atoms with Gasteiger partial charge in [0.1, 0.15) is 6.04 Å². The maximum Gasteiger partial charge on any atom is 0.246 e. The minimum Gasteiger partial charge on any atom is -0.394 e. The van der Waals surface area contributed by atoms with Crippen LogP contribution in [0.4, 0.5) is 5.69 Å². The first-order valence-corrected chi connectivity index (χ1v) is 6.43. The summed E-state index contributed by atoms with van der Waals surface area (Å²) >= 11 is 3.45. The fourth-order valence-electron chi connectivity index (χ4n) is 1.95. The average molecular weight is 299 g/mol. The van der Waals surface area contributed by atoms with Gasteiger partial charge in [-0.25, -0.2) is 0 Å². The highest BCUT2D eigenvalue weighted by Gasteiger charge is 2.27. The zero-order chi connectivity index (χ0) is 12.3. The van der Waals surface area contributed by atoms with Crippen molar-refractivity contribution in [2.75, 3.05) is 24.6 Å². The molecule has 4 nitrogen and oxygen atoms in total. The van der Waals surface area contributed by atoms with Gasteiger partial charge < -0.3 is 15.3 Å². The molecular formula is C12H15BrN2O2. The smallest absolute Gasteiger partial charge is 0.246 e. The van der Waals surface area contributed by atoms with Crippen molar-refractivity contribution in [3.8, 4) is 0 Å². The summed E-state index contributed by atoms with van der Waals surface area (Å²) in [6.45, 7) is 1.25. The Bertz CT molecular complexity index is 411. The van der Waals surface area contributed by atoms with Crippen molar-refractivity contribution in [1.29, 1.82) is 0 Å². The highest BCUT2D eigenvalue weighted by molar-refractivity contribution is 9.10. The molecule has 0 spiro atoms.